The Balaban J connectivity index is 1.34. The van der Waals surface area contributed by atoms with E-state index in [2.05, 4.69) is 11.1 Å². The number of amides is 1. The number of aromatic nitrogens is 1. The van der Waals surface area contributed by atoms with Crippen molar-refractivity contribution >= 4 is 22.6 Å². The number of benzene rings is 2. The monoisotopic (exact) mass is 398 g/mol. The molecule has 1 fully saturated rings. The van der Waals surface area contributed by atoms with Gasteiger partial charge >= 0.3 is 0 Å². The van der Waals surface area contributed by atoms with Crippen LogP contribution in [-0.2, 0) is 0 Å². The van der Waals surface area contributed by atoms with Gasteiger partial charge in [0.15, 0.2) is 5.76 Å². The third-order valence-electron chi connectivity index (χ3n) is 5.32. The van der Waals surface area contributed by atoms with Crippen molar-refractivity contribution in [1.82, 2.24) is 9.88 Å². The van der Waals surface area contributed by atoms with Crippen LogP contribution in [0.3, 0.4) is 0 Å². The van der Waals surface area contributed by atoms with Crippen LogP contribution in [0.4, 0.5) is 5.88 Å². The first-order valence-electron chi connectivity index (χ1n) is 9.71. The molecule has 0 atom stereocenters. The van der Waals surface area contributed by atoms with Gasteiger partial charge in [-0.25, -0.2) is 0 Å². The van der Waals surface area contributed by atoms with Crippen molar-refractivity contribution in [3.05, 3.63) is 72.1 Å². The Morgan fingerprint density at radius 1 is 1.00 bits per heavy atom. The molecule has 148 valence electrons. The van der Waals surface area contributed by atoms with E-state index in [-0.39, 0.29) is 17.5 Å². The number of nitriles is 1. The fraction of sp³-hybridized carbons (Fsp3) is 0.174. The predicted molar refractivity (Wildman–Crippen MR) is 111 cm³/mol. The van der Waals surface area contributed by atoms with Crippen LogP contribution in [0.15, 0.2) is 69.7 Å². The van der Waals surface area contributed by atoms with Crippen molar-refractivity contribution in [3.63, 3.8) is 0 Å². The molecule has 0 radical (unpaired) electrons. The number of anilines is 1. The Morgan fingerprint density at radius 2 is 1.80 bits per heavy atom. The molecule has 30 heavy (non-hydrogen) atoms. The van der Waals surface area contributed by atoms with Crippen molar-refractivity contribution in [3.8, 4) is 17.7 Å². The summed E-state index contributed by atoms with van der Waals surface area (Å²) < 4.78 is 11.1. The lowest BCUT2D eigenvalue weighted by atomic mass is 10.0. The second-order valence-electron chi connectivity index (χ2n) is 7.07. The topological polar surface area (TPSA) is 86.5 Å². The zero-order valence-corrected chi connectivity index (χ0v) is 16.1. The van der Waals surface area contributed by atoms with Gasteiger partial charge in [0, 0.05) is 31.7 Å². The number of nitrogens with zero attached hydrogens (tertiary/aromatic N) is 4. The molecular weight excluding hydrogens is 380 g/mol. The van der Waals surface area contributed by atoms with Crippen molar-refractivity contribution in [2.75, 3.05) is 31.1 Å². The summed E-state index contributed by atoms with van der Waals surface area (Å²) in [6, 6.07) is 19.2. The van der Waals surface area contributed by atoms with Crippen LogP contribution in [0, 0.1) is 11.3 Å². The van der Waals surface area contributed by atoms with Gasteiger partial charge in [0.05, 0.1) is 6.26 Å². The third-order valence-corrected chi connectivity index (χ3v) is 5.32. The second-order valence-corrected chi connectivity index (χ2v) is 7.07. The quantitative estimate of drug-likeness (QED) is 0.520. The van der Waals surface area contributed by atoms with Crippen molar-refractivity contribution in [2.45, 2.75) is 0 Å². The molecule has 0 bridgehead atoms. The molecule has 1 aliphatic rings. The van der Waals surface area contributed by atoms with Gasteiger partial charge in [0.1, 0.15) is 6.07 Å². The number of carbonyl (C=O) groups excluding carboxylic acids is 1. The maximum Gasteiger partial charge on any atom is 0.266 e. The van der Waals surface area contributed by atoms with E-state index >= 15 is 0 Å². The van der Waals surface area contributed by atoms with Gasteiger partial charge < -0.3 is 18.6 Å². The minimum Gasteiger partial charge on any atom is -0.459 e. The van der Waals surface area contributed by atoms with Crippen LogP contribution < -0.4 is 4.90 Å². The molecular formula is C23H18N4O3. The minimum atomic E-state index is 0.0146. The maximum absolute atomic E-state index is 13.1. The highest BCUT2D eigenvalue weighted by Gasteiger charge is 2.28. The molecule has 1 aliphatic heterocycles. The number of hydrogen-bond donors (Lipinski definition) is 0. The van der Waals surface area contributed by atoms with Gasteiger partial charge in [-0.05, 0) is 29.0 Å². The van der Waals surface area contributed by atoms with E-state index < -0.39 is 0 Å². The molecule has 7 heteroatoms. The number of rotatable bonds is 3. The highest BCUT2D eigenvalue weighted by atomic mass is 16.4. The molecule has 7 nitrogen and oxygen atoms in total. The van der Waals surface area contributed by atoms with Gasteiger partial charge in [-0.1, -0.05) is 36.4 Å². The van der Waals surface area contributed by atoms with Gasteiger partial charge in [0.25, 0.3) is 11.8 Å². The van der Waals surface area contributed by atoms with Gasteiger partial charge in [-0.15, -0.1) is 0 Å². The normalized spacial score (nSPS) is 14.1. The molecule has 0 spiro atoms. The molecule has 0 N–H and O–H groups in total. The number of oxazole rings is 1. The van der Waals surface area contributed by atoms with Crippen LogP contribution in [0.25, 0.3) is 22.4 Å². The van der Waals surface area contributed by atoms with Crippen LogP contribution in [-0.4, -0.2) is 42.0 Å². The fourth-order valence-electron chi connectivity index (χ4n) is 3.80. The summed E-state index contributed by atoms with van der Waals surface area (Å²) >= 11 is 0. The van der Waals surface area contributed by atoms with Gasteiger partial charge in [-0.3, -0.25) is 4.79 Å². The lowest BCUT2D eigenvalue weighted by Gasteiger charge is -2.34. The van der Waals surface area contributed by atoms with E-state index in [1.54, 1.807) is 12.1 Å². The van der Waals surface area contributed by atoms with Crippen LogP contribution in [0.5, 0.6) is 0 Å². The van der Waals surface area contributed by atoms with Gasteiger partial charge in [0.2, 0.25) is 11.6 Å². The molecule has 1 saturated heterocycles. The Bertz CT molecular complexity index is 1240. The first kappa shape index (κ1) is 18.0. The third kappa shape index (κ3) is 3.08. The van der Waals surface area contributed by atoms with E-state index in [1.165, 1.54) is 6.26 Å². The van der Waals surface area contributed by atoms with Crippen LogP contribution in [0.1, 0.15) is 16.1 Å². The maximum atomic E-state index is 13.1. The summed E-state index contributed by atoms with van der Waals surface area (Å²) in [6.45, 7) is 2.17. The standard InChI is InChI=1S/C23H18N4O3/c24-15-19-23(30-21(25-19)20-9-4-14-29-20)27-12-10-26(11-13-27)22(28)18-8-3-6-16-5-1-2-7-17(16)18/h1-9,14H,10-13H2. The summed E-state index contributed by atoms with van der Waals surface area (Å²) in [7, 11) is 0. The van der Waals surface area contributed by atoms with E-state index in [0.717, 1.165) is 10.8 Å². The number of fused-ring (bicyclic) bond motifs is 1. The van der Waals surface area contributed by atoms with E-state index in [0.29, 0.717) is 43.4 Å². The molecule has 2 aromatic heterocycles. The predicted octanol–water partition coefficient (Wildman–Crippen LogP) is 3.92. The van der Waals surface area contributed by atoms with Crippen LogP contribution in [0.2, 0.25) is 0 Å². The first-order valence-corrected chi connectivity index (χ1v) is 9.71. The Hall–Kier alpha value is -4.05. The van der Waals surface area contributed by atoms with Gasteiger partial charge in [-0.2, -0.15) is 10.2 Å². The summed E-state index contributed by atoms with van der Waals surface area (Å²) in [4.78, 5) is 21.2. The van der Waals surface area contributed by atoms with E-state index in [1.807, 2.05) is 52.3 Å². The Kier molecular flexibility index (Phi) is 4.45. The molecule has 1 amide bonds. The SMILES string of the molecule is N#Cc1nc(-c2ccco2)oc1N1CCN(C(=O)c2cccc3ccccc23)CC1. The molecule has 5 rings (SSSR count). The fourth-order valence-corrected chi connectivity index (χ4v) is 3.80. The summed E-state index contributed by atoms with van der Waals surface area (Å²) in [5.41, 5.74) is 0.925. The smallest absolute Gasteiger partial charge is 0.266 e. The zero-order valence-electron chi connectivity index (χ0n) is 16.1. The molecule has 0 aliphatic carbocycles. The lowest BCUT2D eigenvalue weighted by Crippen LogP contribution is -2.49. The van der Waals surface area contributed by atoms with E-state index in [4.69, 9.17) is 8.83 Å². The molecule has 0 unspecified atom stereocenters. The number of piperazine rings is 1. The molecule has 2 aromatic carbocycles. The van der Waals surface area contributed by atoms with Crippen LogP contribution >= 0.6 is 0 Å². The van der Waals surface area contributed by atoms with Crippen molar-refractivity contribution in [2.24, 2.45) is 0 Å². The molecule has 4 aromatic rings. The molecule has 3 heterocycles. The lowest BCUT2D eigenvalue weighted by molar-refractivity contribution is 0.0747. The first-order chi connectivity index (χ1) is 14.7. The Labute approximate surface area is 172 Å². The van der Waals surface area contributed by atoms with Crippen molar-refractivity contribution < 1.29 is 13.6 Å². The minimum absolute atomic E-state index is 0.0146. The Morgan fingerprint density at radius 3 is 2.57 bits per heavy atom. The van der Waals surface area contributed by atoms with E-state index in [9.17, 15) is 10.1 Å². The highest BCUT2D eigenvalue weighted by Crippen LogP contribution is 2.29. The number of furan rings is 1. The number of carbonyl (C=O) groups is 1. The number of hydrogen-bond acceptors (Lipinski definition) is 6. The largest absolute Gasteiger partial charge is 0.459 e. The average molecular weight is 398 g/mol. The summed E-state index contributed by atoms with van der Waals surface area (Å²) in [6.07, 6.45) is 1.53. The average Bonchev–Trinajstić information content (AvgIpc) is 3.48. The summed E-state index contributed by atoms with van der Waals surface area (Å²) in [5, 5.41) is 11.5. The zero-order chi connectivity index (χ0) is 20.5. The second kappa shape index (κ2) is 7.41. The highest BCUT2D eigenvalue weighted by molar-refractivity contribution is 6.07. The summed E-state index contributed by atoms with van der Waals surface area (Å²) in [5.74, 6) is 1.19. The molecule has 0 saturated carbocycles. The van der Waals surface area contributed by atoms with Crippen molar-refractivity contribution in [1.29, 1.82) is 5.26 Å².